The number of benzene rings is 2. The maximum atomic E-state index is 13.6. The first kappa shape index (κ1) is 20.0. The van der Waals surface area contributed by atoms with Gasteiger partial charge in [0.15, 0.2) is 10.6 Å². The Morgan fingerprint density at radius 2 is 2.10 bits per heavy atom. The predicted molar refractivity (Wildman–Crippen MR) is 123 cm³/mol. The molecule has 2 aromatic heterocycles. The zero-order valence-corrected chi connectivity index (χ0v) is 18.9. The zero-order valence-electron chi connectivity index (χ0n) is 16.5. The van der Waals surface area contributed by atoms with Crippen LogP contribution in [0.5, 0.6) is 5.75 Å². The van der Waals surface area contributed by atoms with Crippen LogP contribution in [-0.4, -0.2) is 17.5 Å². The summed E-state index contributed by atoms with van der Waals surface area (Å²) in [6.45, 7) is 2.62. The van der Waals surface area contributed by atoms with Crippen LogP contribution in [0.4, 0.5) is 5.13 Å². The Hall–Kier alpha value is -2.97. The number of rotatable bonds is 5. The molecular formula is C23H17BrN2O4S. The van der Waals surface area contributed by atoms with E-state index in [1.165, 1.54) is 16.2 Å². The highest BCUT2D eigenvalue weighted by Gasteiger charge is 2.44. The molecule has 2 aromatic carbocycles. The molecule has 0 saturated carbocycles. The van der Waals surface area contributed by atoms with Crippen LogP contribution in [0.25, 0.3) is 11.0 Å². The number of thiazole rings is 1. The molecule has 0 saturated heterocycles. The van der Waals surface area contributed by atoms with Crippen molar-refractivity contribution in [3.8, 4) is 5.75 Å². The molecule has 5 rings (SSSR count). The third-order valence-electron chi connectivity index (χ3n) is 5.10. The van der Waals surface area contributed by atoms with E-state index in [9.17, 15) is 9.59 Å². The number of aromatic nitrogens is 1. The molecule has 0 N–H and O–H groups in total. The summed E-state index contributed by atoms with van der Waals surface area (Å²) in [4.78, 5) is 32.9. The second kappa shape index (κ2) is 7.94. The van der Waals surface area contributed by atoms with Gasteiger partial charge in [0.2, 0.25) is 5.76 Å². The number of halogens is 1. The highest BCUT2D eigenvalue weighted by atomic mass is 79.9. The fraction of sp³-hybridized carbons (Fsp3) is 0.174. The number of carbonyl (C=O) groups excluding carboxylic acids is 1. The van der Waals surface area contributed by atoms with Crippen LogP contribution in [0, 0.1) is 0 Å². The van der Waals surface area contributed by atoms with Crippen molar-refractivity contribution in [3.05, 3.63) is 85.6 Å². The lowest BCUT2D eigenvalue weighted by molar-refractivity contribution is 0.0971. The van der Waals surface area contributed by atoms with Crippen molar-refractivity contribution in [1.82, 2.24) is 4.98 Å². The van der Waals surface area contributed by atoms with E-state index in [4.69, 9.17) is 9.15 Å². The summed E-state index contributed by atoms with van der Waals surface area (Å²) >= 11 is 4.75. The lowest BCUT2D eigenvalue weighted by atomic mass is 9.98. The summed E-state index contributed by atoms with van der Waals surface area (Å²) in [6, 6.07) is 12.0. The molecule has 1 amide bonds. The summed E-state index contributed by atoms with van der Waals surface area (Å²) < 4.78 is 12.5. The minimum absolute atomic E-state index is 0.0555. The van der Waals surface area contributed by atoms with Gasteiger partial charge < -0.3 is 9.15 Å². The van der Waals surface area contributed by atoms with Crippen molar-refractivity contribution >= 4 is 49.3 Å². The van der Waals surface area contributed by atoms with Crippen LogP contribution in [0.15, 0.2) is 67.7 Å². The van der Waals surface area contributed by atoms with E-state index in [0.29, 0.717) is 34.0 Å². The number of fused-ring (bicyclic) bond motifs is 2. The van der Waals surface area contributed by atoms with Gasteiger partial charge in [0.25, 0.3) is 5.91 Å². The molecule has 1 atom stereocenters. The standard InChI is InChI=1S/C23H17BrN2O4S/c1-2-9-29-15-5-3-4-13(11-15)19-18-20(27)16-12-14(24)6-7-17(16)30-21(18)22(28)26(19)23-25-8-10-31-23/h3-8,10-12,19H,2,9H2,1H3. The van der Waals surface area contributed by atoms with Gasteiger partial charge in [0, 0.05) is 16.0 Å². The Balaban J connectivity index is 1.75. The highest BCUT2D eigenvalue weighted by molar-refractivity contribution is 9.10. The Kier molecular flexibility index (Phi) is 5.11. The van der Waals surface area contributed by atoms with Crippen LogP contribution in [-0.2, 0) is 0 Å². The van der Waals surface area contributed by atoms with E-state index in [2.05, 4.69) is 20.9 Å². The average molecular weight is 497 g/mol. The smallest absolute Gasteiger partial charge is 0.297 e. The topological polar surface area (TPSA) is 72.6 Å². The number of anilines is 1. The maximum absolute atomic E-state index is 13.6. The van der Waals surface area contributed by atoms with Crippen molar-refractivity contribution in [2.24, 2.45) is 0 Å². The fourth-order valence-electron chi connectivity index (χ4n) is 3.79. The monoisotopic (exact) mass is 496 g/mol. The lowest BCUT2D eigenvalue weighted by Crippen LogP contribution is -2.29. The van der Waals surface area contributed by atoms with Crippen LogP contribution in [0.3, 0.4) is 0 Å². The lowest BCUT2D eigenvalue weighted by Gasteiger charge is -2.23. The van der Waals surface area contributed by atoms with Crippen molar-refractivity contribution < 1.29 is 13.9 Å². The number of carbonyl (C=O) groups is 1. The largest absolute Gasteiger partial charge is 0.494 e. The maximum Gasteiger partial charge on any atom is 0.297 e. The molecule has 1 aliphatic rings. The predicted octanol–water partition coefficient (Wildman–Crippen LogP) is 5.55. The van der Waals surface area contributed by atoms with E-state index in [0.717, 1.165) is 16.5 Å². The quantitative estimate of drug-likeness (QED) is 0.362. The van der Waals surface area contributed by atoms with Gasteiger partial charge in [-0.2, -0.15) is 0 Å². The minimum atomic E-state index is -0.654. The van der Waals surface area contributed by atoms with Gasteiger partial charge in [-0.15, -0.1) is 11.3 Å². The second-order valence-electron chi connectivity index (χ2n) is 7.13. The van der Waals surface area contributed by atoms with Crippen LogP contribution < -0.4 is 15.1 Å². The molecule has 0 bridgehead atoms. The summed E-state index contributed by atoms with van der Waals surface area (Å²) in [7, 11) is 0. The molecule has 0 fully saturated rings. The number of ether oxygens (including phenoxy) is 1. The molecular weight excluding hydrogens is 480 g/mol. The Morgan fingerprint density at radius 1 is 1.23 bits per heavy atom. The molecule has 0 radical (unpaired) electrons. The molecule has 1 aliphatic heterocycles. The Labute approximate surface area is 190 Å². The van der Waals surface area contributed by atoms with E-state index >= 15 is 0 Å². The van der Waals surface area contributed by atoms with Gasteiger partial charge >= 0.3 is 0 Å². The molecule has 4 aromatic rings. The third-order valence-corrected chi connectivity index (χ3v) is 6.37. The van der Waals surface area contributed by atoms with Crippen LogP contribution in [0.1, 0.15) is 41.1 Å². The molecule has 8 heteroatoms. The van der Waals surface area contributed by atoms with E-state index in [1.54, 1.807) is 29.8 Å². The fourth-order valence-corrected chi connectivity index (χ4v) is 4.82. The van der Waals surface area contributed by atoms with Gasteiger partial charge in [-0.1, -0.05) is 35.0 Å². The first-order valence-corrected chi connectivity index (χ1v) is 11.5. The van der Waals surface area contributed by atoms with Crippen molar-refractivity contribution in [3.63, 3.8) is 0 Å². The van der Waals surface area contributed by atoms with Crippen LogP contribution in [0.2, 0.25) is 0 Å². The van der Waals surface area contributed by atoms with E-state index in [-0.39, 0.29) is 17.1 Å². The van der Waals surface area contributed by atoms with Gasteiger partial charge in [-0.05, 0) is 42.3 Å². The van der Waals surface area contributed by atoms with E-state index in [1.807, 2.05) is 31.2 Å². The molecule has 6 nitrogen and oxygen atoms in total. The summed E-state index contributed by atoms with van der Waals surface area (Å²) in [5.74, 6) is 0.365. The third kappa shape index (κ3) is 3.36. The summed E-state index contributed by atoms with van der Waals surface area (Å²) in [5, 5.41) is 2.72. The second-order valence-corrected chi connectivity index (χ2v) is 8.92. The molecule has 31 heavy (non-hydrogen) atoms. The van der Waals surface area contributed by atoms with Crippen molar-refractivity contribution in [1.29, 1.82) is 0 Å². The first-order chi connectivity index (χ1) is 15.1. The number of hydrogen-bond donors (Lipinski definition) is 0. The molecule has 1 unspecified atom stereocenters. The molecule has 0 aliphatic carbocycles. The van der Waals surface area contributed by atoms with Gasteiger partial charge in [-0.3, -0.25) is 14.5 Å². The van der Waals surface area contributed by atoms with Gasteiger partial charge in [0.05, 0.1) is 23.6 Å². The Morgan fingerprint density at radius 3 is 2.87 bits per heavy atom. The number of amides is 1. The summed E-state index contributed by atoms with van der Waals surface area (Å²) in [5.41, 5.74) is 1.23. The molecule has 156 valence electrons. The number of nitrogens with zero attached hydrogens (tertiary/aromatic N) is 2. The van der Waals surface area contributed by atoms with Crippen molar-refractivity contribution in [2.75, 3.05) is 11.5 Å². The highest BCUT2D eigenvalue weighted by Crippen LogP contribution is 2.42. The molecule has 3 heterocycles. The molecule has 0 spiro atoms. The van der Waals surface area contributed by atoms with Gasteiger partial charge in [-0.25, -0.2) is 4.98 Å². The minimum Gasteiger partial charge on any atom is -0.494 e. The first-order valence-electron chi connectivity index (χ1n) is 9.80. The zero-order chi connectivity index (χ0) is 21.5. The number of hydrogen-bond acceptors (Lipinski definition) is 6. The van der Waals surface area contributed by atoms with Gasteiger partial charge in [0.1, 0.15) is 11.3 Å². The Bertz CT molecular complexity index is 1350. The summed E-state index contributed by atoms with van der Waals surface area (Å²) in [6.07, 6.45) is 2.52. The average Bonchev–Trinajstić information content (AvgIpc) is 3.40. The van der Waals surface area contributed by atoms with Crippen LogP contribution >= 0.6 is 27.3 Å². The van der Waals surface area contributed by atoms with E-state index < -0.39 is 6.04 Å². The van der Waals surface area contributed by atoms with Crippen molar-refractivity contribution in [2.45, 2.75) is 19.4 Å². The normalized spacial score (nSPS) is 15.5. The SMILES string of the molecule is CCCOc1cccc(C2c3c(oc4ccc(Br)cc4c3=O)C(=O)N2c2nccs2)c1.